The standard InChI is InChI=1S/C42H50N10O6/c1-26(2)58-29-4-6-34-33(20-29)39(47-46-34)35-21-37(44-25-43-35)51-17-18-57-30(24-51)23-49-15-13-48(14-16-49)22-27-9-11-50(12-10-27)28-3-5-31-32(19-28)42(56)52(41(31)55)36-7-8-38(53)45-40(36)54/h3-6,19-21,25-27,30,36H,7-18,22-24H2,1-2H3,(H,46,47)(H,45,53,54)/t30-,36?/m1/s1. The van der Waals surface area contributed by atoms with E-state index in [4.69, 9.17) is 9.47 Å². The maximum Gasteiger partial charge on any atom is 0.262 e. The highest BCUT2D eigenvalue weighted by molar-refractivity contribution is 6.23. The minimum Gasteiger partial charge on any atom is -0.491 e. The molecule has 7 heterocycles. The minimum absolute atomic E-state index is 0.0768. The molecule has 2 N–H and O–H groups in total. The van der Waals surface area contributed by atoms with Crippen molar-refractivity contribution < 1.29 is 28.7 Å². The number of ether oxygens (including phenoxy) is 2. The number of nitrogens with one attached hydrogen (secondary N) is 2. The number of hydrogen-bond donors (Lipinski definition) is 2. The van der Waals surface area contributed by atoms with Gasteiger partial charge in [0.2, 0.25) is 11.8 Å². The number of amides is 4. The van der Waals surface area contributed by atoms with Crippen LogP contribution in [0.15, 0.2) is 48.8 Å². The van der Waals surface area contributed by atoms with E-state index in [0.29, 0.717) is 23.7 Å². The molecule has 2 atom stereocenters. The molecular formula is C42H50N10O6. The van der Waals surface area contributed by atoms with E-state index in [1.54, 1.807) is 18.5 Å². The summed E-state index contributed by atoms with van der Waals surface area (Å²) < 4.78 is 12.2. The average molecular weight is 791 g/mol. The number of morpholine rings is 1. The highest BCUT2D eigenvalue weighted by Crippen LogP contribution is 2.33. The zero-order chi connectivity index (χ0) is 39.9. The number of fused-ring (bicyclic) bond motifs is 2. The molecule has 0 bridgehead atoms. The van der Waals surface area contributed by atoms with Crippen molar-refractivity contribution in [1.29, 1.82) is 0 Å². The van der Waals surface area contributed by atoms with Gasteiger partial charge in [-0.2, -0.15) is 5.10 Å². The van der Waals surface area contributed by atoms with E-state index in [0.717, 1.165) is 123 Å². The summed E-state index contributed by atoms with van der Waals surface area (Å²) in [6.45, 7) is 13.9. The monoisotopic (exact) mass is 790 g/mol. The molecule has 2 aromatic carbocycles. The lowest BCUT2D eigenvalue weighted by atomic mass is 9.95. The largest absolute Gasteiger partial charge is 0.491 e. The summed E-state index contributed by atoms with van der Waals surface area (Å²) in [4.78, 5) is 70.5. The third-order valence-electron chi connectivity index (χ3n) is 12.1. The van der Waals surface area contributed by atoms with Gasteiger partial charge in [0.15, 0.2) is 0 Å². The van der Waals surface area contributed by atoms with Gasteiger partial charge in [0.05, 0.1) is 41.2 Å². The maximum atomic E-state index is 13.4. The highest BCUT2D eigenvalue weighted by Gasteiger charge is 2.45. The number of carbonyl (C=O) groups excluding carboxylic acids is 4. The van der Waals surface area contributed by atoms with Gasteiger partial charge in [-0.3, -0.25) is 39.4 Å². The summed E-state index contributed by atoms with van der Waals surface area (Å²) >= 11 is 0. The lowest BCUT2D eigenvalue weighted by Gasteiger charge is -2.41. The number of benzene rings is 2. The van der Waals surface area contributed by atoms with Gasteiger partial charge in [-0.1, -0.05) is 0 Å². The van der Waals surface area contributed by atoms with Crippen LogP contribution in [0.25, 0.3) is 22.3 Å². The van der Waals surface area contributed by atoms with Crippen molar-refractivity contribution in [2.75, 3.05) is 81.9 Å². The van der Waals surface area contributed by atoms with Crippen LogP contribution < -0.4 is 19.9 Å². The number of aromatic nitrogens is 4. The first-order chi connectivity index (χ1) is 28.2. The predicted octanol–water partition coefficient (Wildman–Crippen LogP) is 2.95. The first kappa shape index (κ1) is 38.1. The molecule has 0 saturated carbocycles. The Kier molecular flexibility index (Phi) is 10.6. The summed E-state index contributed by atoms with van der Waals surface area (Å²) in [6, 6.07) is 12.4. The second kappa shape index (κ2) is 16.1. The Morgan fingerprint density at radius 1 is 0.828 bits per heavy atom. The van der Waals surface area contributed by atoms with Crippen LogP contribution >= 0.6 is 0 Å². The molecule has 0 radical (unpaired) electrons. The van der Waals surface area contributed by atoms with Crippen LogP contribution in [0.1, 0.15) is 60.2 Å². The summed E-state index contributed by atoms with van der Waals surface area (Å²) in [5.74, 6) is 0.339. The van der Waals surface area contributed by atoms with Crippen molar-refractivity contribution >= 4 is 46.0 Å². The molecule has 2 aromatic heterocycles. The second-order valence-corrected chi connectivity index (χ2v) is 16.4. The fourth-order valence-electron chi connectivity index (χ4n) is 9.06. The topological polar surface area (TPSA) is 169 Å². The lowest BCUT2D eigenvalue weighted by molar-refractivity contribution is -0.136. The van der Waals surface area contributed by atoms with Gasteiger partial charge >= 0.3 is 0 Å². The van der Waals surface area contributed by atoms with Crippen molar-refractivity contribution in [3.8, 4) is 17.1 Å². The van der Waals surface area contributed by atoms with Gasteiger partial charge in [-0.15, -0.1) is 0 Å². The van der Waals surface area contributed by atoms with Crippen molar-refractivity contribution in [3.05, 3.63) is 59.9 Å². The van der Waals surface area contributed by atoms with Crippen LogP contribution in [0.4, 0.5) is 11.5 Å². The number of nitrogens with zero attached hydrogens (tertiary/aromatic N) is 8. The Bertz CT molecular complexity index is 2210. The van der Waals surface area contributed by atoms with E-state index in [-0.39, 0.29) is 31.0 Å². The second-order valence-electron chi connectivity index (χ2n) is 16.4. The SMILES string of the molecule is CC(C)Oc1ccc2[nH]nc(-c3cc(N4CCO[C@H](CN5CCN(CC6CCN(c7ccc8c(c7)C(=O)N(C7CCC(=O)NC7=O)C8=O)CC6)CC5)C4)ncn3)c2c1. The highest BCUT2D eigenvalue weighted by atomic mass is 16.5. The van der Waals surface area contributed by atoms with Crippen LogP contribution in [0.3, 0.4) is 0 Å². The Balaban J connectivity index is 0.739. The molecule has 4 fully saturated rings. The van der Waals surface area contributed by atoms with E-state index in [1.165, 1.54) is 0 Å². The third-order valence-corrected chi connectivity index (χ3v) is 12.1. The van der Waals surface area contributed by atoms with Gasteiger partial charge in [0.25, 0.3) is 11.8 Å². The summed E-state index contributed by atoms with van der Waals surface area (Å²) in [5.41, 5.74) is 4.02. The van der Waals surface area contributed by atoms with E-state index in [9.17, 15) is 19.2 Å². The normalized spacial score (nSPS) is 22.6. The molecule has 4 amide bonds. The van der Waals surface area contributed by atoms with Gasteiger partial charge in [0.1, 0.15) is 29.6 Å². The molecule has 0 spiro atoms. The van der Waals surface area contributed by atoms with Gasteiger partial charge < -0.3 is 24.2 Å². The molecule has 9 rings (SSSR count). The smallest absolute Gasteiger partial charge is 0.262 e. The van der Waals surface area contributed by atoms with Crippen LogP contribution in [0.2, 0.25) is 0 Å². The lowest BCUT2D eigenvalue weighted by Crippen LogP contribution is -2.54. The number of H-pyrrole nitrogens is 1. The van der Waals surface area contributed by atoms with Crippen molar-refractivity contribution in [1.82, 2.24) is 40.2 Å². The zero-order valence-corrected chi connectivity index (χ0v) is 33.1. The number of piperidine rings is 2. The molecule has 16 nitrogen and oxygen atoms in total. The van der Waals surface area contributed by atoms with E-state index in [1.807, 2.05) is 44.2 Å². The fraction of sp³-hybridized carbons (Fsp3) is 0.500. The first-order valence-corrected chi connectivity index (χ1v) is 20.6. The number of hydrogen-bond acceptors (Lipinski definition) is 13. The average Bonchev–Trinajstić information content (AvgIpc) is 3.76. The first-order valence-electron chi connectivity index (χ1n) is 20.6. The van der Waals surface area contributed by atoms with Crippen LogP contribution in [0.5, 0.6) is 5.75 Å². The van der Waals surface area contributed by atoms with Crippen molar-refractivity contribution in [3.63, 3.8) is 0 Å². The molecule has 5 aliphatic rings. The molecule has 4 saturated heterocycles. The molecule has 5 aliphatic heterocycles. The van der Waals surface area contributed by atoms with E-state index < -0.39 is 23.8 Å². The van der Waals surface area contributed by atoms with Crippen molar-refractivity contribution in [2.24, 2.45) is 5.92 Å². The Hall–Kier alpha value is -5.45. The molecule has 1 unspecified atom stereocenters. The van der Waals surface area contributed by atoms with Crippen LogP contribution in [-0.4, -0.2) is 149 Å². The predicted molar refractivity (Wildman–Crippen MR) is 216 cm³/mol. The number of imide groups is 2. The fourth-order valence-corrected chi connectivity index (χ4v) is 9.06. The van der Waals surface area contributed by atoms with E-state index >= 15 is 0 Å². The van der Waals surface area contributed by atoms with Crippen molar-refractivity contribution in [2.45, 2.75) is 57.8 Å². The number of rotatable bonds is 10. The zero-order valence-electron chi connectivity index (χ0n) is 33.1. The molecule has 4 aromatic rings. The summed E-state index contributed by atoms with van der Waals surface area (Å²) in [5, 5.41) is 10.9. The molecule has 16 heteroatoms. The Labute approximate surface area is 336 Å². The number of aromatic amines is 1. The number of piperazine rings is 1. The molecule has 304 valence electrons. The Morgan fingerprint density at radius 3 is 2.38 bits per heavy atom. The van der Waals surface area contributed by atoms with E-state index in [2.05, 4.69) is 45.1 Å². The molecule has 58 heavy (non-hydrogen) atoms. The number of carbonyl (C=O) groups is 4. The van der Waals surface area contributed by atoms with Crippen LogP contribution in [-0.2, 0) is 14.3 Å². The summed E-state index contributed by atoms with van der Waals surface area (Å²) in [6.07, 6.45) is 4.12. The third kappa shape index (κ3) is 7.75. The quantitative estimate of drug-likeness (QED) is 0.225. The van der Waals surface area contributed by atoms with Gasteiger partial charge in [0, 0.05) is 89.0 Å². The van der Waals surface area contributed by atoms with Gasteiger partial charge in [-0.25, -0.2) is 9.97 Å². The number of anilines is 2. The Morgan fingerprint density at radius 2 is 1.60 bits per heavy atom. The molecule has 0 aliphatic carbocycles. The minimum atomic E-state index is -0.961. The van der Waals surface area contributed by atoms with Crippen LogP contribution in [0, 0.1) is 5.92 Å². The maximum absolute atomic E-state index is 13.4. The summed E-state index contributed by atoms with van der Waals surface area (Å²) in [7, 11) is 0. The van der Waals surface area contributed by atoms with Gasteiger partial charge in [-0.05, 0) is 75.4 Å². The molecular weight excluding hydrogens is 741 g/mol.